The first-order valence-electron chi connectivity index (χ1n) is 8.75. The Balaban J connectivity index is 1.71. The first kappa shape index (κ1) is 18.3. The third-order valence-corrected chi connectivity index (χ3v) is 4.12. The van der Waals surface area contributed by atoms with Gasteiger partial charge in [-0.25, -0.2) is 4.79 Å². The van der Waals surface area contributed by atoms with Gasteiger partial charge in [0.25, 0.3) is 5.91 Å². The molecular formula is C19H27NO4. The third-order valence-electron chi connectivity index (χ3n) is 4.12. The summed E-state index contributed by atoms with van der Waals surface area (Å²) in [6.07, 6.45) is 6.10. The van der Waals surface area contributed by atoms with Crippen LogP contribution in [0.15, 0.2) is 24.3 Å². The summed E-state index contributed by atoms with van der Waals surface area (Å²) in [5, 5.41) is 2.94. The first-order chi connectivity index (χ1) is 11.5. The fourth-order valence-electron chi connectivity index (χ4n) is 2.82. The fraction of sp³-hybridized carbons (Fsp3) is 0.579. The SMILES string of the molecule is CC(C)OC(=O)c1ccc(OCC(=O)NCC2CCCCC2)cc1. The number of nitrogens with one attached hydrogen (secondary N) is 1. The second-order valence-corrected chi connectivity index (χ2v) is 6.58. The molecule has 1 aromatic carbocycles. The zero-order valence-electron chi connectivity index (χ0n) is 14.5. The van der Waals surface area contributed by atoms with Gasteiger partial charge in [-0.05, 0) is 56.9 Å². The maximum absolute atomic E-state index is 11.8. The first-order valence-corrected chi connectivity index (χ1v) is 8.75. The summed E-state index contributed by atoms with van der Waals surface area (Å²) in [4.78, 5) is 23.6. The van der Waals surface area contributed by atoms with Gasteiger partial charge in [-0.15, -0.1) is 0 Å². The highest BCUT2D eigenvalue weighted by Crippen LogP contribution is 2.22. The monoisotopic (exact) mass is 333 g/mol. The van der Waals surface area contributed by atoms with Crippen LogP contribution in [0, 0.1) is 5.92 Å². The van der Waals surface area contributed by atoms with Crippen molar-refractivity contribution >= 4 is 11.9 Å². The van der Waals surface area contributed by atoms with Gasteiger partial charge in [-0.2, -0.15) is 0 Å². The van der Waals surface area contributed by atoms with Crippen LogP contribution >= 0.6 is 0 Å². The Morgan fingerprint density at radius 1 is 1.12 bits per heavy atom. The Morgan fingerprint density at radius 2 is 1.79 bits per heavy atom. The van der Waals surface area contributed by atoms with E-state index in [1.807, 2.05) is 0 Å². The van der Waals surface area contributed by atoms with Crippen molar-refractivity contribution in [2.24, 2.45) is 5.92 Å². The fourth-order valence-corrected chi connectivity index (χ4v) is 2.82. The Kier molecular flexibility index (Phi) is 7.09. The molecule has 24 heavy (non-hydrogen) atoms. The highest BCUT2D eigenvalue weighted by Gasteiger charge is 2.14. The van der Waals surface area contributed by atoms with Crippen molar-refractivity contribution in [3.8, 4) is 5.75 Å². The molecule has 1 aliphatic carbocycles. The van der Waals surface area contributed by atoms with Gasteiger partial charge in [0.2, 0.25) is 0 Å². The molecule has 0 bridgehead atoms. The highest BCUT2D eigenvalue weighted by atomic mass is 16.5. The van der Waals surface area contributed by atoms with Gasteiger partial charge in [-0.3, -0.25) is 4.79 Å². The summed E-state index contributed by atoms with van der Waals surface area (Å²) in [7, 11) is 0. The molecule has 1 amide bonds. The summed E-state index contributed by atoms with van der Waals surface area (Å²) in [6.45, 7) is 4.34. The van der Waals surface area contributed by atoms with Gasteiger partial charge >= 0.3 is 5.97 Å². The van der Waals surface area contributed by atoms with E-state index < -0.39 is 0 Å². The molecule has 5 nitrogen and oxygen atoms in total. The molecule has 1 aromatic rings. The minimum atomic E-state index is -0.359. The van der Waals surface area contributed by atoms with Crippen molar-refractivity contribution in [2.45, 2.75) is 52.1 Å². The largest absolute Gasteiger partial charge is 0.484 e. The van der Waals surface area contributed by atoms with E-state index in [1.54, 1.807) is 38.1 Å². The summed E-state index contributed by atoms with van der Waals surface area (Å²) in [5.74, 6) is 0.698. The van der Waals surface area contributed by atoms with Crippen molar-refractivity contribution < 1.29 is 19.1 Å². The summed E-state index contributed by atoms with van der Waals surface area (Å²) in [6, 6.07) is 6.62. The van der Waals surface area contributed by atoms with Gasteiger partial charge in [0.1, 0.15) is 5.75 Å². The van der Waals surface area contributed by atoms with Crippen LogP contribution in [0.2, 0.25) is 0 Å². The lowest BCUT2D eigenvalue weighted by molar-refractivity contribution is -0.123. The number of benzene rings is 1. The number of esters is 1. The molecule has 1 aliphatic rings. The van der Waals surface area contributed by atoms with E-state index in [2.05, 4.69) is 5.32 Å². The van der Waals surface area contributed by atoms with Crippen LogP contribution in [-0.4, -0.2) is 31.1 Å². The second kappa shape index (κ2) is 9.30. The second-order valence-electron chi connectivity index (χ2n) is 6.58. The van der Waals surface area contributed by atoms with Crippen LogP contribution in [0.25, 0.3) is 0 Å². The van der Waals surface area contributed by atoms with E-state index in [0.717, 1.165) is 6.54 Å². The molecule has 0 spiro atoms. The van der Waals surface area contributed by atoms with Crippen molar-refractivity contribution in [3.05, 3.63) is 29.8 Å². The van der Waals surface area contributed by atoms with Crippen molar-refractivity contribution in [1.82, 2.24) is 5.32 Å². The van der Waals surface area contributed by atoms with E-state index in [4.69, 9.17) is 9.47 Å². The Morgan fingerprint density at radius 3 is 2.42 bits per heavy atom. The third kappa shape index (κ3) is 6.22. The molecule has 0 atom stereocenters. The highest BCUT2D eigenvalue weighted by molar-refractivity contribution is 5.89. The molecule has 2 rings (SSSR count). The molecule has 1 saturated carbocycles. The van der Waals surface area contributed by atoms with Crippen LogP contribution in [0.5, 0.6) is 5.75 Å². The van der Waals surface area contributed by atoms with Gasteiger partial charge in [-0.1, -0.05) is 19.3 Å². The minimum absolute atomic E-state index is 0.0114. The average Bonchev–Trinajstić information content (AvgIpc) is 2.59. The molecule has 0 aromatic heterocycles. The number of hydrogen-bond donors (Lipinski definition) is 1. The standard InChI is InChI=1S/C19H27NO4/c1-14(2)24-19(22)16-8-10-17(11-9-16)23-13-18(21)20-12-15-6-4-3-5-7-15/h8-11,14-15H,3-7,12-13H2,1-2H3,(H,20,21). The maximum Gasteiger partial charge on any atom is 0.338 e. The van der Waals surface area contributed by atoms with Crippen LogP contribution in [0.4, 0.5) is 0 Å². The van der Waals surface area contributed by atoms with E-state index >= 15 is 0 Å². The van der Waals surface area contributed by atoms with E-state index in [9.17, 15) is 9.59 Å². The van der Waals surface area contributed by atoms with Crippen LogP contribution in [-0.2, 0) is 9.53 Å². The Labute approximate surface area is 143 Å². The van der Waals surface area contributed by atoms with E-state index in [-0.39, 0.29) is 24.6 Å². The number of amides is 1. The number of rotatable bonds is 7. The Hall–Kier alpha value is -2.04. The molecule has 1 N–H and O–H groups in total. The topological polar surface area (TPSA) is 64.6 Å². The predicted molar refractivity (Wildman–Crippen MR) is 92.1 cm³/mol. The molecule has 5 heteroatoms. The van der Waals surface area contributed by atoms with Crippen molar-refractivity contribution in [2.75, 3.05) is 13.2 Å². The molecule has 132 valence electrons. The van der Waals surface area contributed by atoms with Crippen molar-refractivity contribution in [1.29, 1.82) is 0 Å². The molecular weight excluding hydrogens is 306 g/mol. The normalized spacial score (nSPS) is 15.1. The molecule has 0 aliphatic heterocycles. The van der Waals surface area contributed by atoms with Gasteiger partial charge in [0, 0.05) is 6.54 Å². The Bertz CT molecular complexity index is 533. The molecule has 1 fully saturated rings. The summed E-state index contributed by atoms with van der Waals surface area (Å²) >= 11 is 0. The number of ether oxygens (including phenoxy) is 2. The van der Waals surface area contributed by atoms with Crippen molar-refractivity contribution in [3.63, 3.8) is 0 Å². The van der Waals surface area contributed by atoms with Gasteiger partial charge in [0.05, 0.1) is 11.7 Å². The number of hydrogen-bond acceptors (Lipinski definition) is 4. The molecule has 0 radical (unpaired) electrons. The lowest BCUT2D eigenvalue weighted by Crippen LogP contribution is -2.33. The zero-order valence-corrected chi connectivity index (χ0v) is 14.5. The molecule has 0 heterocycles. The number of carbonyl (C=O) groups is 2. The van der Waals surface area contributed by atoms with Crippen LogP contribution < -0.4 is 10.1 Å². The quantitative estimate of drug-likeness (QED) is 0.777. The minimum Gasteiger partial charge on any atom is -0.484 e. The van der Waals surface area contributed by atoms with E-state index in [1.165, 1.54) is 32.1 Å². The lowest BCUT2D eigenvalue weighted by Gasteiger charge is -2.21. The van der Waals surface area contributed by atoms with Gasteiger partial charge < -0.3 is 14.8 Å². The smallest absolute Gasteiger partial charge is 0.338 e. The zero-order chi connectivity index (χ0) is 17.4. The maximum atomic E-state index is 11.8. The van der Waals surface area contributed by atoms with Crippen LogP contribution in [0.1, 0.15) is 56.3 Å². The molecule has 0 saturated heterocycles. The van der Waals surface area contributed by atoms with E-state index in [0.29, 0.717) is 17.2 Å². The van der Waals surface area contributed by atoms with Gasteiger partial charge in [0.15, 0.2) is 6.61 Å². The van der Waals surface area contributed by atoms with Crippen LogP contribution in [0.3, 0.4) is 0 Å². The number of carbonyl (C=O) groups excluding carboxylic acids is 2. The molecule has 0 unspecified atom stereocenters. The predicted octanol–water partition coefficient (Wildman–Crippen LogP) is 3.33. The lowest BCUT2D eigenvalue weighted by atomic mass is 9.89. The summed E-state index contributed by atoms with van der Waals surface area (Å²) < 4.78 is 10.6. The average molecular weight is 333 g/mol. The summed E-state index contributed by atoms with van der Waals surface area (Å²) in [5.41, 5.74) is 0.470.